The lowest BCUT2D eigenvalue weighted by molar-refractivity contribution is -0.132. The maximum Gasteiger partial charge on any atom is 0.255 e. The highest BCUT2D eigenvalue weighted by atomic mass is 19.1. The maximum absolute atomic E-state index is 13.4. The van der Waals surface area contributed by atoms with Crippen molar-refractivity contribution in [3.05, 3.63) is 94.8 Å². The first-order valence-electron chi connectivity index (χ1n) is 13.3. The van der Waals surface area contributed by atoms with Crippen molar-refractivity contribution in [3.8, 4) is 0 Å². The molecule has 1 aliphatic rings. The molecule has 3 aromatic carbocycles. The average molecular weight is 531 g/mol. The number of benzene rings is 3. The van der Waals surface area contributed by atoms with Crippen LogP contribution in [0, 0.1) is 18.7 Å². The predicted molar refractivity (Wildman–Crippen MR) is 151 cm³/mol. The first-order chi connectivity index (χ1) is 18.7. The molecule has 3 aromatic rings. The molecule has 1 fully saturated rings. The van der Waals surface area contributed by atoms with Crippen LogP contribution in [0.4, 0.5) is 15.8 Å². The molecule has 39 heavy (non-hydrogen) atoms. The molecule has 3 amide bonds. The zero-order valence-electron chi connectivity index (χ0n) is 22.7. The van der Waals surface area contributed by atoms with Crippen molar-refractivity contribution < 1.29 is 18.8 Å². The second kappa shape index (κ2) is 12.6. The molecule has 4 rings (SSSR count). The molecule has 0 saturated carbocycles. The summed E-state index contributed by atoms with van der Waals surface area (Å²) in [6.07, 6.45) is 0.520. The standard InChI is InChI=1S/C31H35FN4O3/c1-21(2)18-29(37)36-16-14-35(15-17-36)28-13-12-26(34-30(38)24-8-4-22(3)5-9-24)19-27(28)31(39)33-20-23-6-10-25(32)11-7-23/h4-13,19,21H,14-18,20H2,1-3H3,(H,33,39)(H,34,38). The van der Waals surface area contributed by atoms with Crippen LogP contribution in [0.5, 0.6) is 0 Å². The van der Waals surface area contributed by atoms with E-state index in [2.05, 4.69) is 15.5 Å². The van der Waals surface area contributed by atoms with Gasteiger partial charge >= 0.3 is 0 Å². The summed E-state index contributed by atoms with van der Waals surface area (Å²) in [5, 5.41) is 5.81. The summed E-state index contributed by atoms with van der Waals surface area (Å²) in [7, 11) is 0. The van der Waals surface area contributed by atoms with Crippen molar-refractivity contribution in [3.63, 3.8) is 0 Å². The van der Waals surface area contributed by atoms with Gasteiger partial charge in [0.1, 0.15) is 5.82 Å². The van der Waals surface area contributed by atoms with Gasteiger partial charge in [0.2, 0.25) is 5.91 Å². The number of carbonyl (C=O) groups is 3. The van der Waals surface area contributed by atoms with Gasteiger partial charge in [-0.1, -0.05) is 43.7 Å². The number of carbonyl (C=O) groups excluding carboxylic acids is 3. The second-order valence-corrected chi connectivity index (χ2v) is 10.3. The molecule has 0 spiro atoms. The van der Waals surface area contributed by atoms with E-state index in [1.807, 2.05) is 43.9 Å². The number of nitrogens with one attached hydrogen (secondary N) is 2. The number of aryl methyl sites for hydroxylation is 1. The highest BCUT2D eigenvalue weighted by Gasteiger charge is 2.25. The van der Waals surface area contributed by atoms with Crippen LogP contribution in [0.15, 0.2) is 66.7 Å². The van der Waals surface area contributed by atoms with Crippen molar-refractivity contribution >= 4 is 29.1 Å². The maximum atomic E-state index is 13.4. The molecule has 0 radical (unpaired) electrons. The van der Waals surface area contributed by atoms with Gasteiger partial charge in [0, 0.05) is 56.1 Å². The Hall–Kier alpha value is -4.20. The number of anilines is 2. The third-order valence-corrected chi connectivity index (χ3v) is 6.74. The van der Waals surface area contributed by atoms with E-state index >= 15 is 0 Å². The van der Waals surface area contributed by atoms with Gasteiger partial charge in [-0.25, -0.2) is 4.39 Å². The van der Waals surface area contributed by atoms with E-state index in [-0.39, 0.29) is 30.1 Å². The molecule has 0 atom stereocenters. The Bertz CT molecular complexity index is 1310. The molecule has 0 unspecified atom stereocenters. The lowest BCUT2D eigenvalue weighted by Crippen LogP contribution is -2.49. The van der Waals surface area contributed by atoms with Crippen molar-refractivity contribution in [2.24, 2.45) is 5.92 Å². The highest BCUT2D eigenvalue weighted by Crippen LogP contribution is 2.27. The van der Waals surface area contributed by atoms with E-state index in [9.17, 15) is 18.8 Å². The molecule has 1 saturated heterocycles. The smallest absolute Gasteiger partial charge is 0.255 e. The summed E-state index contributed by atoms with van der Waals surface area (Å²) >= 11 is 0. The van der Waals surface area contributed by atoms with Gasteiger partial charge < -0.3 is 20.4 Å². The number of nitrogens with zero attached hydrogens (tertiary/aromatic N) is 2. The van der Waals surface area contributed by atoms with Crippen LogP contribution in [0.25, 0.3) is 0 Å². The Kier molecular flexibility index (Phi) is 8.96. The number of piperazine rings is 1. The Morgan fingerprint density at radius 1 is 0.872 bits per heavy atom. The van der Waals surface area contributed by atoms with Crippen LogP contribution in [-0.2, 0) is 11.3 Å². The van der Waals surface area contributed by atoms with Crippen molar-refractivity contribution in [2.45, 2.75) is 33.7 Å². The molecule has 0 aromatic heterocycles. The third-order valence-electron chi connectivity index (χ3n) is 6.74. The minimum Gasteiger partial charge on any atom is -0.367 e. The SMILES string of the molecule is Cc1ccc(C(=O)Nc2ccc(N3CCN(C(=O)CC(C)C)CC3)c(C(=O)NCc3ccc(F)cc3)c2)cc1. The topological polar surface area (TPSA) is 81.8 Å². The number of hydrogen-bond acceptors (Lipinski definition) is 4. The predicted octanol–water partition coefficient (Wildman–Crippen LogP) is 5.01. The molecular formula is C31H35FN4O3. The zero-order valence-corrected chi connectivity index (χ0v) is 22.7. The van der Waals surface area contributed by atoms with Gasteiger partial charge in [-0.15, -0.1) is 0 Å². The second-order valence-electron chi connectivity index (χ2n) is 10.3. The van der Waals surface area contributed by atoms with Gasteiger partial charge in [-0.05, 0) is 60.9 Å². The molecule has 2 N–H and O–H groups in total. The van der Waals surface area contributed by atoms with Crippen LogP contribution in [0.1, 0.15) is 52.1 Å². The molecule has 204 valence electrons. The van der Waals surface area contributed by atoms with Crippen molar-refractivity contribution in [1.82, 2.24) is 10.2 Å². The van der Waals surface area contributed by atoms with Gasteiger partial charge in [0.15, 0.2) is 0 Å². The summed E-state index contributed by atoms with van der Waals surface area (Å²) in [6, 6.07) is 18.5. The first-order valence-corrected chi connectivity index (χ1v) is 13.3. The fraction of sp³-hybridized carbons (Fsp3) is 0.323. The van der Waals surface area contributed by atoms with Crippen molar-refractivity contribution in [2.75, 3.05) is 36.4 Å². The molecular weight excluding hydrogens is 495 g/mol. The largest absolute Gasteiger partial charge is 0.367 e. The molecule has 0 aliphatic carbocycles. The molecule has 1 heterocycles. The fourth-order valence-corrected chi connectivity index (χ4v) is 4.53. The summed E-state index contributed by atoms with van der Waals surface area (Å²) < 4.78 is 13.3. The average Bonchev–Trinajstić information content (AvgIpc) is 2.92. The third kappa shape index (κ3) is 7.44. The van der Waals surface area contributed by atoms with E-state index in [0.717, 1.165) is 16.8 Å². The van der Waals surface area contributed by atoms with Crippen molar-refractivity contribution in [1.29, 1.82) is 0 Å². The van der Waals surface area contributed by atoms with Crippen LogP contribution < -0.4 is 15.5 Å². The normalized spacial score (nSPS) is 13.4. The van der Waals surface area contributed by atoms with E-state index in [0.29, 0.717) is 55.3 Å². The van der Waals surface area contributed by atoms with E-state index in [1.54, 1.807) is 36.4 Å². The Balaban J connectivity index is 1.53. The Morgan fingerprint density at radius 3 is 2.18 bits per heavy atom. The molecule has 1 aliphatic heterocycles. The monoisotopic (exact) mass is 530 g/mol. The quantitative estimate of drug-likeness (QED) is 0.429. The summed E-state index contributed by atoms with van der Waals surface area (Å²) in [6.45, 7) is 8.60. The van der Waals surface area contributed by atoms with E-state index in [4.69, 9.17) is 0 Å². The molecule has 8 heteroatoms. The van der Waals surface area contributed by atoms with E-state index < -0.39 is 0 Å². The fourth-order valence-electron chi connectivity index (χ4n) is 4.53. The minimum atomic E-state index is -0.338. The lowest BCUT2D eigenvalue weighted by atomic mass is 10.1. The first kappa shape index (κ1) is 27.8. The van der Waals surface area contributed by atoms with Crippen LogP contribution in [0.3, 0.4) is 0 Å². The van der Waals surface area contributed by atoms with Gasteiger partial charge in [0.05, 0.1) is 5.56 Å². The number of hydrogen-bond donors (Lipinski definition) is 2. The molecule has 0 bridgehead atoms. The van der Waals surface area contributed by atoms with Crippen LogP contribution in [-0.4, -0.2) is 48.8 Å². The zero-order chi connectivity index (χ0) is 27.9. The summed E-state index contributed by atoms with van der Waals surface area (Å²) in [5.41, 5.74) is 4.00. The summed E-state index contributed by atoms with van der Waals surface area (Å²) in [5.74, 6) is -0.460. The van der Waals surface area contributed by atoms with Gasteiger partial charge in [0.25, 0.3) is 11.8 Å². The van der Waals surface area contributed by atoms with Crippen LogP contribution >= 0.6 is 0 Å². The van der Waals surface area contributed by atoms with Gasteiger partial charge in [-0.3, -0.25) is 14.4 Å². The Labute approximate surface area is 229 Å². The van der Waals surface area contributed by atoms with Crippen LogP contribution in [0.2, 0.25) is 0 Å². The highest BCUT2D eigenvalue weighted by molar-refractivity contribution is 6.06. The molecule has 7 nitrogen and oxygen atoms in total. The van der Waals surface area contributed by atoms with Gasteiger partial charge in [-0.2, -0.15) is 0 Å². The number of amides is 3. The minimum absolute atomic E-state index is 0.149. The lowest BCUT2D eigenvalue weighted by Gasteiger charge is -2.37. The summed E-state index contributed by atoms with van der Waals surface area (Å²) in [4.78, 5) is 42.7. The Morgan fingerprint density at radius 2 is 1.54 bits per heavy atom. The number of halogens is 1. The number of rotatable bonds is 8. The van der Waals surface area contributed by atoms with E-state index in [1.165, 1.54) is 12.1 Å².